The number of hydrogen-bond acceptors (Lipinski definition) is 5. The second kappa shape index (κ2) is 6.91. The first-order chi connectivity index (χ1) is 12.0. The lowest BCUT2D eigenvalue weighted by molar-refractivity contribution is -0.384. The molecule has 3 rings (SSSR count). The molecule has 1 unspecified atom stereocenters. The molecule has 2 aromatic rings. The number of carbonyl (C=O) groups is 1. The van der Waals surface area contributed by atoms with Crippen LogP contribution in [0.15, 0.2) is 24.3 Å². The van der Waals surface area contributed by atoms with E-state index >= 15 is 0 Å². The SMILES string of the molecule is CC1CCc2c(sc(NC(=O)Nc3ccc([N+](=O)[O-])cc3)c2C#N)C1. The summed E-state index contributed by atoms with van der Waals surface area (Å²) >= 11 is 1.45. The van der Waals surface area contributed by atoms with Crippen molar-refractivity contribution < 1.29 is 9.72 Å². The van der Waals surface area contributed by atoms with E-state index in [-0.39, 0.29) is 5.69 Å². The predicted molar refractivity (Wildman–Crippen MR) is 96.0 cm³/mol. The minimum Gasteiger partial charge on any atom is -0.308 e. The second-order valence-electron chi connectivity index (χ2n) is 6.05. The normalized spacial score (nSPS) is 15.8. The van der Waals surface area contributed by atoms with Crippen LogP contribution in [0.1, 0.15) is 29.3 Å². The number of nitrogens with zero attached hydrogens (tertiary/aromatic N) is 2. The number of nitriles is 1. The van der Waals surface area contributed by atoms with Crippen LogP contribution in [0.3, 0.4) is 0 Å². The minimum atomic E-state index is -0.500. The van der Waals surface area contributed by atoms with Gasteiger partial charge in [-0.3, -0.25) is 15.4 Å². The average Bonchev–Trinajstić information content (AvgIpc) is 2.90. The lowest BCUT2D eigenvalue weighted by Crippen LogP contribution is -2.19. The molecule has 0 radical (unpaired) electrons. The van der Waals surface area contributed by atoms with Crippen LogP contribution in [0.2, 0.25) is 0 Å². The van der Waals surface area contributed by atoms with Gasteiger partial charge in [0.1, 0.15) is 11.1 Å². The summed E-state index contributed by atoms with van der Waals surface area (Å²) in [5.41, 5.74) is 2.00. The van der Waals surface area contributed by atoms with Crippen molar-refractivity contribution in [2.24, 2.45) is 5.92 Å². The molecule has 1 aromatic heterocycles. The Morgan fingerprint density at radius 3 is 2.72 bits per heavy atom. The summed E-state index contributed by atoms with van der Waals surface area (Å²) < 4.78 is 0. The molecule has 128 valence electrons. The number of anilines is 2. The van der Waals surface area contributed by atoms with Gasteiger partial charge in [-0.2, -0.15) is 5.26 Å². The van der Waals surface area contributed by atoms with Crippen molar-refractivity contribution >= 4 is 33.7 Å². The maximum atomic E-state index is 12.2. The van der Waals surface area contributed by atoms with Crippen LogP contribution in [0.4, 0.5) is 21.2 Å². The largest absolute Gasteiger partial charge is 0.324 e. The van der Waals surface area contributed by atoms with Gasteiger partial charge >= 0.3 is 6.03 Å². The van der Waals surface area contributed by atoms with E-state index in [9.17, 15) is 20.2 Å². The van der Waals surface area contributed by atoms with E-state index in [2.05, 4.69) is 23.6 Å². The number of benzene rings is 1. The molecule has 1 heterocycles. The predicted octanol–water partition coefficient (Wildman–Crippen LogP) is 4.30. The van der Waals surface area contributed by atoms with Crippen LogP contribution in [0, 0.1) is 27.4 Å². The zero-order valence-electron chi connectivity index (χ0n) is 13.5. The summed E-state index contributed by atoms with van der Waals surface area (Å²) in [6.45, 7) is 2.18. The van der Waals surface area contributed by atoms with Gasteiger partial charge in [-0.15, -0.1) is 11.3 Å². The summed E-state index contributed by atoms with van der Waals surface area (Å²) in [5, 5.41) is 26.0. The molecule has 2 N–H and O–H groups in total. The molecule has 8 heteroatoms. The van der Waals surface area contributed by atoms with E-state index < -0.39 is 11.0 Å². The zero-order valence-corrected chi connectivity index (χ0v) is 14.4. The number of amides is 2. The topological polar surface area (TPSA) is 108 Å². The fourth-order valence-corrected chi connectivity index (χ4v) is 4.25. The smallest absolute Gasteiger partial charge is 0.308 e. The Kier molecular flexibility index (Phi) is 4.67. The highest BCUT2D eigenvalue weighted by Gasteiger charge is 2.24. The molecule has 1 aliphatic carbocycles. The summed E-state index contributed by atoms with van der Waals surface area (Å²) in [6, 6.07) is 7.29. The third-order valence-electron chi connectivity index (χ3n) is 4.19. The van der Waals surface area contributed by atoms with Crippen molar-refractivity contribution in [3.8, 4) is 6.07 Å². The number of nitro groups is 1. The molecular formula is C17H16N4O3S. The van der Waals surface area contributed by atoms with Crippen LogP contribution in [0.5, 0.6) is 0 Å². The Hall–Kier alpha value is -2.92. The molecule has 0 saturated carbocycles. The second-order valence-corrected chi connectivity index (χ2v) is 7.16. The van der Waals surface area contributed by atoms with Gasteiger partial charge in [-0.05, 0) is 42.9 Å². The van der Waals surface area contributed by atoms with Gasteiger partial charge in [-0.25, -0.2) is 4.79 Å². The first-order valence-electron chi connectivity index (χ1n) is 7.85. The Morgan fingerprint density at radius 2 is 2.08 bits per heavy atom. The fourth-order valence-electron chi connectivity index (χ4n) is 2.89. The molecule has 0 fully saturated rings. The number of hydrogen-bond donors (Lipinski definition) is 2. The zero-order chi connectivity index (χ0) is 18.0. The molecule has 1 aliphatic rings. The Morgan fingerprint density at radius 1 is 1.36 bits per heavy atom. The standard InChI is InChI=1S/C17H16N4O3S/c1-10-2-7-13-14(9-18)16(25-15(13)8-10)20-17(22)19-11-3-5-12(6-4-11)21(23)24/h3-6,10H,2,7-8H2,1H3,(H2,19,20,22). The quantitative estimate of drug-likeness (QED) is 0.631. The lowest BCUT2D eigenvalue weighted by Gasteiger charge is -2.17. The van der Waals surface area contributed by atoms with Gasteiger partial charge in [0.05, 0.1) is 10.5 Å². The van der Waals surface area contributed by atoms with E-state index in [0.29, 0.717) is 22.2 Å². The molecule has 0 saturated heterocycles. The molecule has 7 nitrogen and oxygen atoms in total. The number of rotatable bonds is 3. The minimum absolute atomic E-state index is 0.0437. The molecule has 25 heavy (non-hydrogen) atoms. The van der Waals surface area contributed by atoms with Crippen molar-refractivity contribution in [3.05, 3.63) is 50.4 Å². The van der Waals surface area contributed by atoms with Crippen LogP contribution >= 0.6 is 11.3 Å². The van der Waals surface area contributed by atoms with Gasteiger partial charge in [-0.1, -0.05) is 6.92 Å². The number of nitrogens with one attached hydrogen (secondary N) is 2. The number of urea groups is 1. The van der Waals surface area contributed by atoms with Gasteiger partial charge < -0.3 is 5.32 Å². The van der Waals surface area contributed by atoms with Crippen LogP contribution < -0.4 is 10.6 Å². The van der Waals surface area contributed by atoms with Crippen molar-refractivity contribution in [3.63, 3.8) is 0 Å². The summed E-state index contributed by atoms with van der Waals surface area (Å²) in [4.78, 5) is 23.5. The van der Waals surface area contributed by atoms with Crippen molar-refractivity contribution in [1.82, 2.24) is 0 Å². The number of fused-ring (bicyclic) bond motifs is 1. The molecule has 1 aromatic carbocycles. The van der Waals surface area contributed by atoms with Crippen LogP contribution in [-0.4, -0.2) is 11.0 Å². The monoisotopic (exact) mass is 356 g/mol. The van der Waals surface area contributed by atoms with E-state index in [0.717, 1.165) is 24.8 Å². The Bertz CT molecular complexity index is 867. The van der Waals surface area contributed by atoms with Gasteiger partial charge in [0.25, 0.3) is 5.69 Å². The molecule has 0 aliphatic heterocycles. The molecule has 0 bridgehead atoms. The van der Waals surface area contributed by atoms with Gasteiger partial charge in [0.15, 0.2) is 0 Å². The lowest BCUT2D eigenvalue weighted by atomic mass is 9.89. The Labute approximate surface area is 148 Å². The van der Waals surface area contributed by atoms with E-state index in [1.165, 1.54) is 40.5 Å². The van der Waals surface area contributed by atoms with Crippen LogP contribution in [-0.2, 0) is 12.8 Å². The molecule has 0 spiro atoms. The molecule has 2 amide bonds. The number of thiophene rings is 1. The van der Waals surface area contributed by atoms with Crippen molar-refractivity contribution in [2.75, 3.05) is 10.6 Å². The number of non-ortho nitro benzene ring substituents is 1. The van der Waals surface area contributed by atoms with Gasteiger partial charge in [0.2, 0.25) is 0 Å². The van der Waals surface area contributed by atoms with Crippen LogP contribution in [0.25, 0.3) is 0 Å². The number of nitro benzene ring substituents is 1. The highest BCUT2D eigenvalue weighted by molar-refractivity contribution is 7.16. The molecular weight excluding hydrogens is 340 g/mol. The first kappa shape index (κ1) is 16.9. The fraction of sp³-hybridized carbons (Fsp3) is 0.294. The highest BCUT2D eigenvalue weighted by atomic mass is 32.1. The van der Waals surface area contributed by atoms with E-state index in [1.807, 2.05) is 0 Å². The average molecular weight is 356 g/mol. The van der Waals surface area contributed by atoms with Crippen molar-refractivity contribution in [1.29, 1.82) is 5.26 Å². The third-order valence-corrected chi connectivity index (χ3v) is 5.36. The maximum Gasteiger partial charge on any atom is 0.324 e. The molecule has 1 atom stereocenters. The number of carbonyl (C=O) groups excluding carboxylic acids is 1. The highest BCUT2D eigenvalue weighted by Crippen LogP contribution is 2.39. The van der Waals surface area contributed by atoms with Crippen molar-refractivity contribution in [2.45, 2.75) is 26.2 Å². The summed E-state index contributed by atoms with van der Waals surface area (Å²) in [6.07, 6.45) is 2.84. The van der Waals surface area contributed by atoms with E-state index in [1.54, 1.807) is 0 Å². The summed E-state index contributed by atoms with van der Waals surface area (Å²) in [5.74, 6) is 0.583. The van der Waals surface area contributed by atoms with Gasteiger partial charge in [0, 0.05) is 22.7 Å². The Balaban J connectivity index is 1.73. The van der Waals surface area contributed by atoms with E-state index in [4.69, 9.17) is 0 Å². The third kappa shape index (κ3) is 3.61. The maximum absolute atomic E-state index is 12.2. The summed E-state index contributed by atoms with van der Waals surface area (Å²) in [7, 11) is 0. The first-order valence-corrected chi connectivity index (χ1v) is 8.66.